The Labute approximate surface area is 119 Å². The molecule has 2 heterocycles. The van der Waals surface area contributed by atoms with Crippen molar-refractivity contribution in [2.45, 2.75) is 31.8 Å². The average molecular weight is 294 g/mol. The van der Waals surface area contributed by atoms with Gasteiger partial charge in [-0.15, -0.1) is 0 Å². The van der Waals surface area contributed by atoms with Crippen molar-refractivity contribution < 1.29 is 13.1 Å². The number of hydrogen-bond donors (Lipinski definition) is 0. The number of fused-ring (bicyclic) bond motifs is 1. The van der Waals surface area contributed by atoms with Gasteiger partial charge in [0.05, 0.1) is 5.75 Å². The molecule has 1 aromatic rings. The molecule has 1 aliphatic heterocycles. The maximum absolute atomic E-state index is 12.4. The smallest absolute Gasteiger partial charge is 0.215 e. The Morgan fingerprint density at radius 3 is 2.80 bits per heavy atom. The van der Waals surface area contributed by atoms with Crippen LogP contribution < -0.4 is 4.73 Å². The van der Waals surface area contributed by atoms with Gasteiger partial charge in [0.1, 0.15) is 0 Å². The predicted octanol–water partition coefficient (Wildman–Crippen LogP) is 1.19. The van der Waals surface area contributed by atoms with E-state index >= 15 is 0 Å². The average Bonchev–Trinajstić information content (AvgIpc) is 2.66. The van der Waals surface area contributed by atoms with Crippen LogP contribution in [0.2, 0.25) is 0 Å². The molecule has 20 heavy (non-hydrogen) atoms. The number of rotatable bonds is 2. The SMILES string of the molecule is C=C1CCCC2C1CS(=O)(=O)N2Cc1cc[n+]([O-])cc1. The molecule has 1 saturated carbocycles. The fourth-order valence-electron chi connectivity index (χ4n) is 3.24. The van der Waals surface area contributed by atoms with Crippen molar-refractivity contribution in [1.29, 1.82) is 0 Å². The molecule has 5 nitrogen and oxygen atoms in total. The van der Waals surface area contributed by atoms with Crippen molar-refractivity contribution in [3.63, 3.8) is 0 Å². The lowest BCUT2D eigenvalue weighted by atomic mass is 9.82. The number of pyridine rings is 1. The maximum Gasteiger partial charge on any atom is 0.215 e. The molecule has 0 bridgehead atoms. The van der Waals surface area contributed by atoms with Crippen molar-refractivity contribution in [1.82, 2.24) is 4.31 Å². The molecular weight excluding hydrogens is 276 g/mol. The monoisotopic (exact) mass is 294 g/mol. The molecule has 2 fully saturated rings. The quantitative estimate of drug-likeness (QED) is 0.467. The molecule has 0 radical (unpaired) electrons. The van der Waals surface area contributed by atoms with Crippen LogP contribution >= 0.6 is 0 Å². The molecule has 0 N–H and O–H groups in total. The van der Waals surface area contributed by atoms with Gasteiger partial charge >= 0.3 is 0 Å². The molecule has 2 unspecified atom stereocenters. The maximum atomic E-state index is 12.4. The van der Waals surface area contributed by atoms with Crippen LogP contribution in [0.4, 0.5) is 0 Å². The summed E-state index contributed by atoms with van der Waals surface area (Å²) in [5, 5.41) is 11.0. The third-order valence-corrected chi connectivity index (χ3v) is 6.21. The van der Waals surface area contributed by atoms with E-state index < -0.39 is 10.0 Å². The lowest BCUT2D eigenvalue weighted by molar-refractivity contribution is -0.605. The van der Waals surface area contributed by atoms with E-state index in [2.05, 4.69) is 6.58 Å². The Morgan fingerprint density at radius 1 is 1.40 bits per heavy atom. The summed E-state index contributed by atoms with van der Waals surface area (Å²) in [4.78, 5) is 0. The molecule has 3 rings (SSSR count). The molecule has 2 atom stereocenters. The normalized spacial score (nSPS) is 29.3. The van der Waals surface area contributed by atoms with Crippen LogP contribution in [0.3, 0.4) is 0 Å². The summed E-state index contributed by atoms with van der Waals surface area (Å²) in [6.07, 6.45) is 5.63. The van der Waals surface area contributed by atoms with Gasteiger partial charge in [-0.2, -0.15) is 9.04 Å². The zero-order valence-electron chi connectivity index (χ0n) is 11.2. The van der Waals surface area contributed by atoms with E-state index in [0.29, 0.717) is 11.3 Å². The number of sulfonamides is 1. The minimum Gasteiger partial charge on any atom is -0.619 e. The first-order chi connectivity index (χ1) is 9.47. The fraction of sp³-hybridized carbons (Fsp3) is 0.500. The van der Waals surface area contributed by atoms with Gasteiger partial charge in [0, 0.05) is 30.6 Å². The Bertz CT molecular complexity index is 624. The molecule has 1 saturated heterocycles. The summed E-state index contributed by atoms with van der Waals surface area (Å²) in [5.41, 5.74) is 1.91. The van der Waals surface area contributed by atoms with E-state index in [0.717, 1.165) is 30.4 Å². The largest absolute Gasteiger partial charge is 0.619 e. The summed E-state index contributed by atoms with van der Waals surface area (Å²) in [6, 6.07) is 3.39. The lowest BCUT2D eigenvalue weighted by Crippen LogP contribution is -2.37. The first-order valence-electron chi connectivity index (χ1n) is 6.82. The van der Waals surface area contributed by atoms with Crippen molar-refractivity contribution >= 4 is 10.0 Å². The van der Waals surface area contributed by atoms with Crippen LogP contribution in [-0.4, -0.2) is 24.5 Å². The first kappa shape index (κ1) is 13.6. The Kier molecular flexibility index (Phi) is 3.30. The molecule has 0 aromatic carbocycles. The summed E-state index contributed by atoms with van der Waals surface area (Å²) < 4.78 is 27.0. The Morgan fingerprint density at radius 2 is 2.10 bits per heavy atom. The topological polar surface area (TPSA) is 64.3 Å². The molecule has 0 spiro atoms. The minimum absolute atomic E-state index is 0.0424. The van der Waals surface area contributed by atoms with Gasteiger partial charge in [0.2, 0.25) is 10.0 Å². The second-order valence-electron chi connectivity index (χ2n) is 5.61. The fourth-order valence-corrected chi connectivity index (χ4v) is 5.36. The Balaban J connectivity index is 1.87. The molecular formula is C14H18N2O3S. The highest BCUT2D eigenvalue weighted by atomic mass is 32.2. The number of nitrogens with zero attached hydrogens (tertiary/aromatic N) is 2. The lowest BCUT2D eigenvalue weighted by Gasteiger charge is -2.31. The molecule has 1 aromatic heterocycles. The van der Waals surface area contributed by atoms with Crippen molar-refractivity contribution in [2.24, 2.45) is 5.92 Å². The van der Waals surface area contributed by atoms with E-state index in [9.17, 15) is 13.6 Å². The molecule has 6 heteroatoms. The second kappa shape index (κ2) is 4.86. The highest BCUT2D eigenvalue weighted by Crippen LogP contribution is 2.40. The number of hydrogen-bond acceptors (Lipinski definition) is 3. The highest BCUT2D eigenvalue weighted by molar-refractivity contribution is 7.89. The van der Waals surface area contributed by atoms with E-state index in [1.165, 1.54) is 12.4 Å². The zero-order valence-corrected chi connectivity index (χ0v) is 12.1. The van der Waals surface area contributed by atoms with Crippen LogP contribution in [0.15, 0.2) is 36.7 Å². The predicted molar refractivity (Wildman–Crippen MR) is 75.0 cm³/mol. The van der Waals surface area contributed by atoms with Crippen LogP contribution in [0.1, 0.15) is 24.8 Å². The summed E-state index contributed by atoms with van der Waals surface area (Å²) in [6.45, 7) is 4.38. The second-order valence-corrected chi connectivity index (χ2v) is 7.58. The standard InChI is InChI=1S/C14H18N2O3S/c1-11-3-2-4-14-13(11)10-20(18,19)16(14)9-12-5-7-15(17)8-6-12/h5-8,13-14H,1-4,9-10H2. The van der Waals surface area contributed by atoms with Gasteiger partial charge in [-0.1, -0.05) is 12.2 Å². The van der Waals surface area contributed by atoms with Crippen LogP contribution in [0.25, 0.3) is 0 Å². The third kappa shape index (κ3) is 2.33. The highest BCUT2D eigenvalue weighted by Gasteiger charge is 2.46. The molecule has 0 amide bonds. The van der Waals surface area contributed by atoms with E-state index in [-0.39, 0.29) is 17.7 Å². The van der Waals surface area contributed by atoms with Crippen molar-refractivity contribution in [3.05, 3.63) is 47.4 Å². The van der Waals surface area contributed by atoms with Gasteiger partial charge < -0.3 is 5.21 Å². The van der Waals surface area contributed by atoms with Crippen LogP contribution in [0, 0.1) is 11.1 Å². The zero-order chi connectivity index (χ0) is 14.3. The van der Waals surface area contributed by atoms with Crippen LogP contribution in [0.5, 0.6) is 0 Å². The van der Waals surface area contributed by atoms with Gasteiger partial charge in [-0.05, 0) is 24.8 Å². The van der Waals surface area contributed by atoms with E-state index in [1.54, 1.807) is 16.4 Å². The Hall–Kier alpha value is -1.40. The third-order valence-electron chi connectivity index (χ3n) is 4.31. The number of aromatic nitrogens is 1. The van der Waals surface area contributed by atoms with Gasteiger partial charge in [-0.25, -0.2) is 8.42 Å². The molecule has 1 aliphatic carbocycles. The minimum atomic E-state index is -3.22. The van der Waals surface area contributed by atoms with E-state index in [4.69, 9.17) is 0 Å². The summed E-state index contributed by atoms with van der Waals surface area (Å²) in [7, 11) is -3.22. The first-order valence-corrected chi connectivity index (χ1v) is 8.43. The van der Waals surface area contributed by atoms with E-state index in [1.807, 2.05) is 0 Å². The molecule has 108 valence electrons. The van der Waals surface area contributed by atoms with Crippen molar-refractivity contribution in [2.75, 3.05) is 5.75 Å². The summed E-state index contributed by atoms with van der Waals surface area (Å²) in [5.74, 6) is 0.257. The van der Waals surface area contributed by atoms with Gasteiger partial charge in [0.15, 0.2) is 12.4 Å². The summed E-state index contributed by atoms with van der Waals surface area (Å²) >= 11 is 0. The van der Waals surface area contributed by atoms with Crippen LogP contribution in [-0.2, 0) is 16.6 Å². The van der Waals surface area contributed by atoms with Gasteiger partial charge in [0.25, 0.3) is 0 Å². The van der Waals surface area contributed by atoms with Gasteiger partial charge in [-0.3, -0.25) is 0 Å². The molecule has 2 aliphatic rings. The van der Waals surface area contributed by atoms with Crippen molar-refractivity contribution in [3.8, 4) is 0 Å².